The van der Waals surface area contributed by atoms with Crippen LogP contribution < -0.4 is 0 Å². The lowest BCUT2D eigenvalue weighted by atomic mass is 10.3. The molecule has 0 rings (SSSR count). The van der Waals surface area contributed by atoms with Crippen molar-refractivity contribution in [3.05, 3.63) is 12.7 Å². The maximum atomic E-state index is 11.0. The molecule has 0 bridgehead atoms. The van der Waals surface area contributed by atoms with Crippen LogP contribution >= 0.6 is 0 Å². The average Bonchev–Trinajstić information content (AvgIpc) is 2.25. The Kier molecular flexibility index (Phi) is 7.27. The second-order valence-electron chi connectivity index (χ2n) is 2.94. The van der Waals surface area contributed by atoms with Crippen LogP contribution in [-0.2, 0) is 19.1 Å². The van der Waals surface area contributed by atoms with Gasteiger partial charge in [-0.2, -0.15) is 0 Å². The fourth-order valence-corrected chi connectivity index (χ4v) is 0.982. The first kappa shape index (κ1) is 13.6. The number of methoxy groups -OCH3 is 2. The summed E-state index contributed by atoms with van der Waals surface area (Å²) in [5.74, 6) is -0.745. The number of hydrogen-bond acceptors (Lipinski definition) is 5. The van der Waals surface area contributed by atoms with Crippen LogP contribution in [0.5, 0.6) is 0 Å². The average molecular weight is 215 g/mol. The number of carbonyl (C=O) groups is 2. The summed E-state index contributed by atoms with van der Waals surface area (Å²) in [6, 6.07) is 0. The predicted molar refractivity (Wildman–Crippen MR) is 55.3 cm³/mol. The van der Waals surface area contributed by atoms with Crippen molar-refractivity contribution in [2.24, 2.45) is 0 Å². The second-order valence-corrected chi connectivity index (χ2v) is 2.94. The molecule has 0 saturated carbocycles. The van der Waals surface area contributed by atoms with Crippen LogP contribution in [0.15, 0.2) is 12.7 Å². The number of carbonyl (C=O) groups excluding carboxylic acids is 2. The molecule has 0 heterocycles. The number of rotatable bonds is 7. The van der Waals surface area contributed by atoms with Crippen LogP contribution in [0.2, 0.25) is 0 Å². The summed E-state index contributed by atoms with van der Waals surface area (Å²) in [6.07, 6.45) is 2.43. The summed E-state index contributed by atoms with van der Waals surface area (Å²) < 4.78 is 9.03. The van der Waals surface area contributed by atoms with Gasteiger partial charge in [0.25, 0.3) is 0 Å². The van der Waals surface area contributed by atoms with E-state index in [9.17, 15) is 9.59 Å². The van der Waals surface area contributed by atoms with Crippen molar-refractivity contribution in [3.8, 4) is 0 Å². The van der Waals surface area contributed by atoms with Gasteiger partial charge >= 0.3 is 11.9 Å². The molecule has 0 aliphatic heterocycles. The first-order valence-corrected chi connectivity index (χ1v) is 4.61. The second kappa shape index (κ2) is 7.99. The van der Waals surface area contributed by atoms with Gasteiger partial charge in [0, 0.05) is 6.54 Å². The Labute approximate surface area is 89.6 Å². The molecule has 86 valence electrons. The largest absolute Gasteiger partial charge is 0.468 e. The Hall–Kier alpha value is -1.36. The van der Waals surface area contributed by atoms with E-state index < -0.39 is 0 Å². The quantitative estimate of drug-likeness (QED) is 0.449. The van der Waals surface area contributed by atoms with Gasteiger partial charge in [-0.05, 0) is 6.42 Å². The van der Waals surface area contributed by atoms with Crippen LogP contribution in [0, 0.1) is 0 Å². The highest BCUT2D eigenvalue weighted by molar-refractivity contribution is 5.74. The van der Waals surface area contributed by atoms with E-state index in [0.717, 1.165) is 0 Å². The fraction of sp³-hybridized carbons (Fsp3) is 0.600. The number of nitrogens with zero attached hydrogens (tertiary/aromatic N) is 1. The lowest BCUT2D eigenvalue weighted by Crippen LogP contribution is -2.36. The van der Waals surface area contributed by atoms with Gasteiger partial charge in [-0.25, -0.2) is 0 Å². The molecule has 0 aromatic heterocycles. The van der Waals surface area contributed by atoms with Gasteiger partial charge in [-0.15, -0.1) is 6.58 Å². The van der Waals surface area contributed by atoms with Crippen molar-refractivity contribution in [1.29, 1.82) is 0 Å². The summed E-state index contributed by atoms with van der Waals surface area (Å²) in [6.45, 7) is 4.31. The predicted octanol–water partition coefficient (Wildman–Crippen LogP) is 0.210. The lowest BCUT2D eigenvalue weighted by Gasteiger charge is -2.18. The highest BCUT2D eigenvalue weighted by atomic mass is 16.5. The van der Waals surface area contributed by atoms with Gasteiger partial charge < -0.3 is 9.47 Å². The Morgan fingerprint density at radius 1 is 1.20 bits per heavy atom. The van der Waals surface area contributed by atoms with E-state index in [1.807, 2.05) is 0 Å². The first-order chi connectivity index (χ1) is 7.13. The third-order valence-electron chi connectivity index (χ3n) is 1.81. The standard InChI is InChI=1S/C10H17NO4/c1-4-5-6-11(7-9(12)14-2)8-10(13)15-3/h4H,1,5-8H2,2-3H3. The van der Waals surface area contributed by atoms with Gasteiger partial charge in [-0.1, -0.05) is 6.08 Å². The molecule has 0 fully saturated rings. The lowest BCUT2D eigenvalue weighted by molar-refractivity contribution is -0.145. The van der Waals surface area contributed by atoms with Crippen LogP contribution in [0.4, 0.5) is 0 Å². The van der Waals surface area contributed by atoms with Gasteiger partial charge in [0.2, 0.25) is 0 Å². The van der Waals surface area contributed by atoms with Crippen LogP contribution in [0.25, 0.3) is 0 Å². The summed E-state index contributed by atoms with van der Waals surface area (Å²) in [5, 5.41) is 0. The Balaban J connectivity index is 4.10. The third kappa shape index (κ3) is 6.68. The monoisotopic (exact) mass is 215 g/mol. The van der Waals surface area contributed by atoms with Crippen molar-refractivity contribution in [2.75, 3.05) is 33.9 Å². The molecule has 0 amide bonds. The molecular weight excluding hydrogens is 198 g/mol. The topological polar surface area (TPSA) is 55.8 Å². The first-order valence-electron chi connectivity index (χ1n) is 4.61. The number of hydrogen-bond donors (Lipinski definition) is 0. The van der Waals surface area contributed by atoms with E-state index in [1.165, 1.54) is 14.2 Å². The van der Waals surface area contributed by atoms with Gasteiger partial charge in [0.15, 0.2) is 0 Å². The van der Waals surface area contributed by atoms with Crippen molar-refractivity contribution < 1.29 is 19.1 Å². The van der Waals surface area contributed by atoms with E-state index in [1.54, 1.807) is 11.0 Å². The Morgan fingerprint density at radius 3 is 2.00 bits per heavy atom. The number of ether oxygens (including phenoxy) is 2. The SMILES string of the molecule is C=CCCN(CC(=O)OC)CC(=O)OC. The molecule has 5 heteroatoms. The summed E-state index contributed by atoms with van der Waals surface area (Å²) >= 11 is 0. The molecular formula is C10H17NO4. The zero-order valence-corrected chi connectivity index (χ0v) is 9.19. The molecule has 5 nitrogen and oxygen atoms in total. The normalized spacial score (nSPS) is 9.80. The van der Waals surface area contributed by atoms with Crippen molar-refractivity contribution >= 4 is 11.9 Å². The minimum atomic E-state index is -0.372. The Bertz CT molecular complexity index is 209. The van der Waals surface area contributed by atoms with Crippen molar-refractivity contribution in [2.45, 2.75) is 6.42 Å². The molecule has 0 aromatic rings. The van der Waals surface area contributed by atoms with E-state index in [2.05, 4.69) is 16.1 Å². The fourth-order valence-electron chi connectivity index (χ4n) is 0.982. The minimum absolute atomic E-state index is 0.0828. The van der Waals surface area contributed by atoms with Gasteiger partial charge in [0.1, 0.15) is 0 Å². The van der Waals surface area contributed by atoms with Crippen LogP contribution in [0.3, 0.4) is 0 Å². The zero-order chi connectivity index (χ0) is 11.7. The minimum Gasteiger partial charge on any atom is -0.468 e. The molecule has 0 aliphatic rings. The van der Waals surface area contributed by atoms with Crippen molar-refractivity contribution in [1.82, 2.24) is 4.90 Å². The van der Waals surface area contributed by atoms with E-state index in [-0.39, 0.29) is 25.0 Å². The van der Waals surface area contributed by atoms with E-state index >= 15 is 0 Å². The summed E-state index contributed by atoms with van der Waals surface area (Å²) in [4.78, 5) is 23.7. The molecule has 15 heavy (non-hydrogen) atoms. The molecule has 0 unspecified atom stereocenters. The number of esters is 2. The molecule has 0 N–H and O–H groups in total. The summed E-state index contributed by atoms with van der Waals surface area (Å²) in [7, 11) is 2.62. The van der Waals surface area contributed by atoms with Crippen molar-refractivity contribution in [3.63, 3.8) is 0 Å². The van der Waals surface area contributed by atoms with Gasteiger partial charge in [0.05, 0.1) is 27.3 Å². The molecule has 0 saturated heterocycles. The molecule has 0 aromatic carbocycles. The summed E-state index contributed by atoms with van der Waals surface area (Å²) in [5.41, 5.74) is 0. The molecule has 0 radical (unpaired) electrons. The van der Waals surface area contributed by atoms with Crippen LogP contribution in [0.1, 0.15) is 6.42 Å². The van der Waals surface area contributed by atoms with Gasteiger partial charge in [-0.3, -0.25) is 14.5 Å². The maximum absolute atomic E-state index is 11.0. The molecule has 0 atom stereocenters. The zero-order valence-electron chi connectivity index (χ0n) is 9.19. The highest BCUT2D eigenvalue weighted by Crippen LogP contribution is 1.94. The van der Waals surface area contributed by atoms with E-state index in [0.29, 0.717) is 13.0 Å². The van der Waals surface area contributed by atoms with Crippen LogP contribution in [-0.4, -0.2) is 50.7 Å². The smallest absolute Gasteiger partial charge is 0.319 e. The Morgan fingerprint density at radius 2 is 1.67 bits per heavy atom. The highest BCUT2D eigenvalue weighted by Gasteiger charge is 2.14. The molecule has 0 aliphatic carbocycles. The van der Waals surface area contributed by atoms with E-state index in [4.69, 9.17) is 0 Å². The third-order valence-corrected chi connectivity index (χ3v) is 1.81. The molecule has 0 spiro atoms. The maximum Gasteiger partial charge on any atom is 0.319 e.